The van der Waals surface area contributed by atoms with Gasteiger partial charge in [0.05, 0.1) is 12.2 Å². The van der Waals surface area contributed by atoms with Gasteiger partial charge in [0.1, 0.15) is 12.2 Å². The maximum atomic E-state index is 13.2. The number of hydrogen-bond acceptors (Lipinski definition) is 9. The first-order chi connectivity index (χ1) is 18.6. The molecule has 5 rings (SSSR count). The zero-order chi connectivity index (χ0) is 26.3. The molecule has 6 unspecified atom stereocenters. The number of methoxy groups -OCH3 is 1. The first-order valence-electron chi connectivity index (χ1n) is 12.3. The second kappa shape index (κ2) is 12.8. The SMILES string of the molecule is COC1OC2COC(c3ccccc3)OC2C(OC(=O)c2ccccc2)C1OC(=S)SCc1ccccc1. The Morgan fingerprint density at radius 3 is 2.24 bits per heavy atom. The van der Waals surface area contributed by atoms with Gasteiger partial charge < -0.3 is 28.4 Å². The van der Waals surface area contributed by atoms with E-state index in [0.29, 0.717) is 11.3 Å². The summed E-state index contributed by atoms with van der Waals surface area (Å²) < 4.78 is 36.6. The fourth-order valence-corrected chi connectivity index (χ4v) is 5.35. The molecule has 0 aromatic heterocycles. The minimum Gasteiger partial charge on any atom is -0.466 e. The van der Waals surface area contributed by atoms with Crippen LogP contribution in [0.1, 0.15) is 27.8 Å². The topological polar surface area (TPSA) is 72.5 Å². The van der Waals surface area contributed by atoms with Crippen LogP contribution in [0.25, 0.3) is 0 Å². The van der Waals surface area contributed by atoms with Gasteiger partial charge in [0.15, 0.2) is 24.8 Å². The van der Waals surface area contributed by atoms with Gasteiger partial charge in [0.2, 0.25) is 4.38 Å². The number of fused-ring (bicyclic) bond motifs is 1. The van der Waals surface area contributed by atoms with Gasteiger partial charge in [0.25, 0.3) is 0 Å². The lowest BCUT2D eigenvalue weighted by atomic mass is 9.97. The van der Waals surface area contributed by atoms with E-state index in [2.05, 4.69) is 0 Å². The number of thiocarbonyl (C=S) groups is 1. The number of hydrogen-bond donors (Lipinski definition) is 0. The van der Waals surface area contributed by atoms with Gasteiger partial charge in [-0.2, -0.15) is 0 Å². The lowest BCUT2D eigenvalue weighted by molar-refractivity contribution is -0.355. The minimum atomic E-state index is -0.878. The monoisotopic (exact) mass is 552 g/mol. The molecule has 2 aliphatic heterocycles. The molecular weight excluding hydrogens is 524 g/mol. The van der Waals surface area contributed by atoms with E-state index in [1.807, 2.05) is 66.7 Å². The quantitative estimate of drug-likeness (QED) is 0.287. The summed E-state index contributed by atoms with van der Waals surface area (Å²) in [5, 5.41) is 0. The zero-order valence-electron chi connectivity index (χ0n) is 20.7. The van der Waals surface area contributed by atoms with E-state index in [1.165, 1.54) is 18.9 Å². The molecule has 198 valence electrons. The van der Waals surface area contributed by atoms with Crippen molar-refractivity contribution in [1.29, 1.82) is 0 Å². The van der Waals surface area contributed by atoms with Crippen molar-refractivity contribution in [3.8, 4) is 0 Å². The number of carbonyl (C=O) groups is 1. The molecule has 2 saturated heterocycles. The third-order valence-corrected chi connectivity index (χ3v) is 7.53. The molecule has 0 N–H and O–H groups in total. The highest BCUT2D eigenvalue weighted by Gasteiger charge is 2.53. The van der Waals surface area contributed by atoms with E-state index in [1.54, 1.807) is 24.3 Å². The minimum absolute atomic E-state index is 0.226. The average Bonchev–Trinajstić information content (AvgIpc) is 2.98. The molecule has 2 aliphatic rings. The van der Waals surface area contributed by atoms with Crippen LogP contribution >= 0.6 is 24.0 Å². The Bertz CT molecular complexity index is 1200. The van der Waals surface area contributed by atoms with Crippen molar-refractivity contribution in [1.82, 2.24) is 0 Å². The summed E-state index contributed by atoms with van der Waals surface area (Å²) in [6.45, 7) is 0.226. The predicted octanol–water partition coefficient (Wildman–Crippen LogP) is 5.30. The van der Waals surface area contributed by atoms with Crippen LogP contribution in [0.4, 0.5) is 0 Å². The molecule has 7 nitrogen and oxygen atoms in total. The van der Waals surface area contributed by atoms with Crippen LogP contribution in [0.5, 0.6) is 0 Å². The molecule has 3 aromatic rings. The van der Waals surface area contributed by atoms with Crippen LogP contribution in [0.15, 0.2) is 91.0 Å². The normalized spacial score (nSPS) is 26.7. The average molecular weight is 553 g/mol. The highest BCUT2D eigenvalue weighted by atomic mass is 32.2. The Morgan fingerprint density at radius 2 is 1.55 bits per heavy atom. The van der Waals surface area contributed by atoms with Crippen LogP contribution in [0.2, 0.25) is 0 Å². The standard InChI is InChI=1S/C29H28O7S2/c1-31-28-25(36-29(37)38-18-19-11-5-2-6-12-19)24(34-26(30)20-13-7-3-8-14-20)23-22(33-28)17-32-27(35-23)21-15-9-4-10-16-21/h2-16,22-25,27-28H,17-18H2,1H3. The summed E-state index contributed by atoms with van der Waals surface area (Å²) >= 11 is 6.94. The van der Waals surface area contributed by atoms with E-state index in [-0.39, 0.29) is 11.0 Å². The Balaban J connectivity index is 1.38. The molecule has 2 fully saturated rings. The third-order valence-electron chi connectivity index (χ3n) is 6.27. The van der Waals surface area contributed by atoms with Crippen LogP contribution in [-0.2, 0) is 34.2 Å². The second-order valence-corrected chi connectivity index (χ2v) is 10.4. The molecule has 0 radical (unpaired) electrons. The molecule has 0 amide bonds. The van der Waals surface area contributed by atoms with Crippen LogP contribution in [-0.4, -0.2) is 54.8 Å². The first kappa shape index (κ1) is 26.8. The van der Waals surface area contributed by atoms with Crippen LogP contribution < -0.4 is 0 Å². The maximum absolute atomic E-state index is 13.2. The van der Waals surface area contributed by atoms with Crippen LogP contribution in [0, 0.1) is 0 Å². The summed E-state index contributed by atoms with van der Waals surface area (Å²) in [4.78, 5) is 13.2. The Kier molecular flexibility index (Phi) is 9.06. The van der Waals surface area contributed by atoms with Crippen molar-refractivity contribution in [3.63, 3.8) is 0 Å². The van der Waals surface area contributed by atoms with Gasteiger partial charge in [-0.25, -0.2) is 4.79 Å². The first-order valence-corrected chi connectivity index (χ1v) is 13.7. The third kappa shape index (κ3) is 6.43. The number of thioether (sulfide) groups is 1. The molecule has 38 heavy (non-hydrogen) atoms. The number of rotatable bonds is 7. The van der Waals surface area contributed by atoms with E-state index < -0.39 is 43.0 Å². The zero-order valence-corrected chi connectivity index (χ0v) is 22.3. The van der Waals surface area contributed by atoms with Crippen molar-refractivity contribution in [2.45, 2.75) is 42.7 Å². The van der Waals surface area contributed by atoms with E-state index in [4.69, 9.17) is 40.6 Å². The summed E-state index contributed by atoms with van der Waals surface area (Å²) in [6, 6.07) is 28.3. The largest absolute Gasteiger partial charge is 0.466 e. The maximum Gasteiger partial charge on any atom is 0.338 e. The lowest BCUT2D eigenvalue weighted by Crippen LogP contribution is -2.64. The number of carbonyl (C=O) groups excluding carboxylic acids is 1. The highest BCUT2D eigenvalue weighted by molar-refractivity contribution is 8.22. The Labute approximate surface area is 231 Å². The van der Waals surface area contributed by atoms with E-state index in [0.717, 1.165) is 11.1 Å². The van der Waals surface area contributed by atoms with E-state index in [9.17, 15) is 4.79 Å². The number of esters is 1. The number of ether oxygens (including phenoxy) is 6. The molecule has 3 aromatic carbocycles. The summed E-state index contributed by atoms with van der Waals surface area (Å²) in [5.41, 5.74) is 2.37. The van der Waals surface area contributed by atoms with Crippen molar-refractivity contribution in [2.75, 3.05) is 13.7 Å². The molecular formula is C29H28O7S2. The summed E-state index contributed by atoms with van der Waals surface area (Å²) in [6.07, 6.45) is -4.48. The molecule has 0 spiro atoms. The lowest BCUT2D eigenvalue weighted by Gasteiger charge is -2.48. The molecule has 0 aliphatic carbocycles. The van der Waals surface area contributed by atoms with Gasteiger partial charge in [-0.1, -0.05) is 90.6 Å². The molecule has 0 bridgehead atoms. The van der Waals surface area contributed by atoms with Crippen molar-refractivity contribution >= 4 is 34.3 Å². The number of benzene rings is 3. The fraction of sp³-hybridized carbons (Fsp3) is 0.310. The summed E-state index contributed by atoms with van der Waals surface area (Å²) in [7, 11) is 1.51. The Hall–Kier alpha value is -2.79. The molecule has 0 saturated carbocycles. The summed E-state index contributed by atoms with van der Waals surface area (Å²) in [5.74, 6) is 0.125. The van der Waals surface area contributed by atoms with Crippen molar-refractivity contribution < 1.29 is 33.2 Å². The Morgan fingerprint density at radius 1 is 0.895 bits per heavy atom. The second-order valence-electron chi connectivity index (χ2n) is 8.80. The van der Waals surface area contributed by atoms with Crippen molar-refractivity contribution in [3.05, 3.63) is 108 Å². The smallest absolute Gasteiger partial charge is 0.338 e. The van der Waals surface area contributed by atoms with Gasteiger partial charge >= 0.3 is 5.97 Å². The molecule has 2 heterocycles. The molecule has 6 atom stereocenters. The predicted molar refractivity (Wildman–Crippen MR) is 147 cm³/mol. The van der Waals surface area contributed by atoms with Gasteiger partial charge in [-0.3, -0.25) is 0 Å². The highest BCUT2D eigenvalue weighted by Crippen LogP contribution is 2.37. The van der Waals surface area contributed by atoms with Gasteiger partial charge in [-0.05, 0) is 29.9 Å². The van der Waals surface area contributed by atoms with Crippen molar-refractivity contribution in [2.24, 2.45) is 0 Å². The van der Waals surface area contributed by atoms with Gasteiger partial charge in [-0.15, -0.1) is 0 Å². The van der Waals surface area contributed by atoms with Crippen LogP contribution in [0.3, 0.4) is 0 Å². The fourth-order valence-electron chi connectivity index (χ4n) is 4.40. The van der Waals surface area contributed by atoms with Gasteiger partial charge in [0, 0.05) is 18.4 Å². The van der Waals surface area contributed by atoms with E-state index >= 15 is 0 Å². The molecule has 9 heteroatoms.